The molecular weight excluding hydrogens is 326 g/mol. The molecule has 134 valence electrons. The second kappa shape index (κ2) is 6.56. The van der Waals surface area contributed by atoms with Gasteiger partial charge in [-0.05, 0) is 37.0 Å². The summed E-state index contributed by atoms with van der Waals surface area (Å²) >= 11 is 0. The zero-order valence-electron chi connectivity index (χ0n) is 14.9. The summed E-state index contributed by atoms with van der Waals surface area (Å²) in [4.78, 5) is 31.0. The first-order chi connectivity index (χ1) is 12.6. The number of nitrogens with one attached hydrogen (secondary N) is 1. The molecule has 1 aromatic carbocycles. The van der Waals surface area contributed by atoms with Gasteiger partial charge in [-0.1, -0.05) is 30.3 Å². The van der Waals surface area contributed by atoms with Crippen molar-refractivity contribution < 1.29 is 9.59 Å². The first-order valence-corrected chi connectivity index (χ1v) is 9.14. The van der Waals surface area contributed by atoms with Crippen molar-refractivity contribution in [2.24, 2.45) is 0 Å². The number of piperidine rings is 1. The van der Waals surface area contributed by atoms with Crippen LogP contribution in [-0.2, 0) is 4.79 Å². The van der Waals surface area contributed by atoms with Gasteiger partial charge in [0.05, 0.1) is 11.1 Å². The Labute approximate surface area is 153 Å². The lowest BCUT2D eigenvalue weighted by Crippen LogP contribution is -2.54. The summed E-state index contributed by atoms with van der Waals surface area (Å²) in [5, 5.41) is 3.24. The maximum atomic E-state index is 12.8. The highest BCUT2D eigenvalue weighted by Crippen LogP contribution is 2.43. The molecule has 3 heterocycles. The van der Waals surface area contributed by atoms with Gasteiger partial charge in [0.1, 0.15) is 0 Å². The zero-order valence-corrected chi connectivity index (χ0v) is 14.9. The average molecular weight is 349 g/mol. The van der Waals surface area contributed by atoms with Gasteiger partial charge in [-0.3, -0.25) is 14.6 Å². The Morgan fingerprint density at radius 2 is 1.92 bits per heavy atom. The number of nitrogens with zero attached hydrogens (tertiary/aromatic N) is 2. The molecule has 1 N–H and O–H groups in total. The van der Waals surface area contributed by atoms with Crippen LogP contribution >= 0.6 is 0 Å². The van der Waals surface area contributed by atoms with Crippen molar-refractivity contribution in [3.8, 4) is 0 Å². The van der Waals surface area contributed by atoms with Crippen molar-refractivity contribution in [3.05, 3.63) is 65.5 Å². The lowest BCUT2D eigenvalue weighted by atomic mass is 9.74. The SMILES string of the molecule is Cc1cncc(C(=O)N2CCC3(CC2)NC(=O)C[C@@H]3c2ccccc2)c1. The van der Waals surface area contributed by atoms with Crippen LogP contribution in [0.25, 0.3) is 0 Å². The van der Waals surface area contributed by atoms with E-state index in [1.165, 1.54) is 5.56 Å². The summed E-state index contributed by atoms with van der Waals surface area (Å²) < 4.78 is 0. The highest BCUT2D eigenvalue weighted by molar-refractivity contribution is 5.94. The maximum Gasteiger partial charge on any atom is 0.255 e. The van der Waals surface area contributed by atoms with Crippen LogP contribution < -0.4 is 5.32 Å². The molecule has 1 atom stereocenters. The van der Waals surface area contributed by atoms with Crippen LogP contribution in [0.3, 0.4) is 0 Å². The van der Waals surface area contributed by atoms with Gasteiger partial charge in [0.25, 0.3) is 5.91 Å². The third-order valence-electron chi connectivity index (χ3n) is 5.71. The van der Waals surface area contributed by atoms with Crippen LogP contribution in [0.4, 0.5) is 0 Å². The van der Waals surface area contributed by atoms with Crippen LogP contribution in [0.1, 0.15) is 46.7 Å². The van der Waals surface area contributed by atoms with Gasteiger partial charge in [-0.25, -0.2) is 0 Å². The van der Waals surface area contributed by atoms with Crippen LogP contribution in [0.5, 0.6) is 0 Å². The topological polar surface area (TPSA) is 62.3 Å². The lowest BCUT2D eigenvalue weighted by Gasteiger charge is -2.43. The molecule has 2 aromatic rings. The quantitative estimate of drug-likeness (QED) is 0.907. The first-order valence-electron chi connectivity index (χ1n) is 9.14. The molecule has 0 bridgehead atoms. The molecule has 0 saturated carbocycles. The summed E-state index contributed by atoms with van der Waals surface area (Å²) in [5.74, 6) is 0.312. The summed E-state index contributed by atoms with van der Waals surface area (Å²) in [5.41, 5.74) is 2.58. The fourth-order valence-electron chi connectivity index (χ4n) is 4.36. The molecular formula is C21H23N3O2. The van der Waals surface area contributed by atoms with Crippen molar-refractivity contribution in [2.45, 2.75) is 37.6 Å². The Bertz CT molecular complexity index is 826. The highest BCUT2D eigenvalue weighted by Gasteiger charge is 2.49. The molecule has 0 aliphatic carbocycles. The van der Waals surface area contributed by atoms with E-state index in [2.05, 4.69) is 22.4 Å². The van der Waals surface area contributed by atoms with Gasteiger partial charge in [0, 0.05) is 37.8 Å². The van der Waals surface area contributed by atoms with Gasteiger partial charge < -0.3 is 10.2 Å². The Morgan fingerprint density at radius 1 is 1.19 bits per heavy atom. The first kappa shape index (κ1) is 16.8. The summed E-state index contributed by atoms with van der Waals surface area (Å²) in [6, 6.07) is 12.1. The van der Waals surface area contributed by atoms with Crippen molar-refractivity contribution in [3.63, 3.8) is 0 Å². The van der Waals surface area contributed by atoms with E-state index in [0.29, 0.717) is 25.1 Å². The molecule has 5 nitrogen and oxygen atoms in total. The van der Waals surface area contributed by atoms with Crippen molar-refractivity contribution in [1.82, 2.24) is 15.2 Å². The second-order valence-corrected chi connectivity index (χ2v) is 7.41. The predicted molar refractivity (Wildman–Crippen MR) is 98.8 cm³/mol. The number of aromatic nitrogens is 1. The van der Waals surface area contributed by atoms with Gasteiger partial charge in [-0.2, -0.15) is 0 Å². The number of pyridine rings is 1. The largest absolute Gasteiger partial charge is 0.350 e. The maximum absolute atomic E-state index is 12.8. The van der Waals surface area contributed by atoms with E-state index in [-0.39, 0.29) is 23.3 Å². The molecule has 1 spiro atoms. The van der Waals surface area contributed by atoms with E-state index in [0.717, 1.165) is 18.4 Å². The minimum atomic E-state index is -0.236. The summed E-state index contributed by atoms with van der Waals surface area (Å²) in [6.45, 7) is 3.24. The minimum Gasteiger partial charge on any atom is -0.350 e. The fraction of sp³-hybridized carbons (Fsp3) is 0.381. The number of carbonyl (C=O) groups excluding carboxylic acids is 2. The van der Waals surface area contributed by atoms with Crippen LogP contribution in [0, 0.1) is 6.92 Å². The highest BCUT2D eigenvalue weighted by atomic mass is 16.2. The smallest absolute Gasteiger partial charge is 0.255 e. The molecule has 26 heavy (non-hydrogen) atoms. The molecule has 2 saturated heterocycles. The molecule has 2 fully saturated rings. The van der Waals surface area contributed by atoms with Gasteiger partial charge in [0.15, 0.2) is 0 Å². The van der Waals surface area contributed by atoms with Gasteiger partial charge in [0.2, 0.25) is 5.91 Å². The number of benzene rings is 1. The average Bonchev–Trinajstić information content (AvgIpc) is 2.98. The van der Waals surface area contributed by atoms with Gasteiger partial charge >= 0.3 is 0 Å². The van der Waals surface area contributed by atoms with Crippen LogP contribution in [0.15, 0.2) is 48.8 Å². The summed E-state index contributed by atoms with van der Waals surface area (Å²) in [6.07, 6.45) is 5.47. The molecule has 0 radical (unpaired) electrons. The fourth-order valence-corrected chi connectivity index (χ4v) is 4.36. The third kappa shape index (κ3) is 2.98. The molecule has 5 heteroatoms. The minimum absolute atomic E-state index is 0.0247. The van der Waals surface area contributed by atoms with E-state index in [1.807, 2.05) is 36.1 Å². The number of rotatable bonds is 2. The molecule has 2 aliphatic heterocycles. The third-order valence-corrected chi connectivity index (χ3v) is 5.71. The van der Waals surface area contributed by atoms with E-state index >= 15 is 0 Å². The van der Waals surface area contributed by atoms with E-state index in [9.17, 15) is 9.59 Å². The monoisotopic (exact) mass is 349 g/mol. The number of aryl methyl sites for hydroxylation is 1. The molecule has 2 aliphatic rings. The van der Waals surface area contributed by atoms with E-state index in [4.69, 9.17) is 0 Å². The Morgan fingerprint density at radius 3 is 2.62 bits per heavy atom. The molecule has 0 unspecified atom stereocenters. The van der Waals surface area contributed by atoms with Crippen LogP contribution in [0.2, 0.25) is 0 Å². The standard InChI is InChI=1S/C21H23N3O2/c1-15-11-17(14-22-13-15)20(26)24-9-7-21(8-10-24)18(12-19(25)23-21)16-5-3-2-4-6-16/h2-6,11,13-14,18H,7-10,12H2,1H3,(H,23,25)/t18-/m1/s1. The Balaban J connectivity index is 1.51. The number of likely N-dealkylation sites (tertiary alicyclic amines) is 1. The molecule has 1 aromatic heterocycles. The molecule has 2 amide bonds. The van der Waals surface area contributed by atoms with Crippen molar-refractivity contribution >= 4 is 11.8 Å². The van der Waals surface area contributed by atoms with E-state index in [1.54, 1.807) is 12.4 Å². The Hall–Kier alpha value is -2.69. The molecule has 4 rings (SSSR count). The summed E-state index contributed by atoms with van der Waals surface area (Å²) in [7, 11) is 0. The number of carbonyl (C=O) groups is 2. The van der Waals surface area contributed by atoms with Crippen LogP contribution in [-0.4, -0.2) is 40.3 Å². The Kier molecular flexibility index (Phi) is 4.23. The second-order valence-electron chi connectivity index (χ2n) is 7.41. The van der Waals surface area contributed by atoms with Crippen molar-refractivity contribution in [1.29, 1.82) is 0 Å². The van der Waals surface area contributed by atoms with E-state index < -0.39 is 0 Å². The normalized spacial score (nSPS) is 21.7. The van der Waals surface area contributed by atoms with Gasteiger partial charge in [-0.15, -0.1) is 0 Å². The van der Waals surface area contributed by atoms with Crippen molar-refractivity contribution in [2.75, 3.05) is 13.1 Å². The number of hydrogen-bond acceptors (Lipinski definition) is 3. The lowest BCUT2D eigenvalue weighted by molar-refractivity contribution is -0.120. The number of amides is 2. The predicted octanol–water partition coefficient (Wildman–Crippen LogP) is 2.67. The number of hydrogen-bond donors (Lipinski definition) is 1. The zero-order chi connectivity index (χ0) is 18.1.